The average Bonchev–Trinajstić information content (AvgIpc) is 3.60. The van der Waals surface area contributed by atoms with Crippen LogP contribution in [0, 0.1) is 6.92 Å². The van der Waals surface area contributed by atoms with Crippen LogP contribution in [0.2, 0.25) is 10.0 Å². The van der Waals surface area contributed by atoms with Crippen molar-refractivity contribution in [3.05, 3.63) is 92.7 Å². The number of aromatic nitrogens is 3. The second-order valence-corrected chi connectivity index (χ2v) is 12.4. The number of rotatable bonds is 6. The molecule has 12 heteroatoms. The van der Waals surface area contributed by atoms with Crippen LogP contribution < -0.4 is 14.8 Å². The number of hydrogen-bond acceptors (Lipinski definition) is 7. The molecule has 2 aliphatic rings. The molecule has 40 heavy (non-hydrogen) atoms. The molecule has 2 aromatic carbocycles. The second-order valence-electron chi connectivity index (χ2n) is 9.62. The molecule has 0 atom stereocenters. The summed E-state index contributed by atoms with van der Waals surface area (Å²) < 4.78 is 33.6. The maximum Gasteiger partial charge on any atom is 0.238 e. The van der Waals surface area contributed by atoms with Crippen molar-refractivity contribution in [3.8, 4) is 17.3 Å². The molecule has 1 fully saturated rings. The number of nitrogens with two attached hydrogens (primary N) is 1. The quantitative estimate of drug-likeness (QED) is 0.287. The molecule has 1 aliphatic carbocycles. The Labute approximate surface area is 240 Å². The largest absolute Gasteiger partial charge is 0.437 e. The standard InChI is InChI=1S/C28H23Cl2N5O4S/c1-16-10-17-11-19(12-18(17)13-25(16)34-8-3-9-40(34,37)38)26(36)21-15-33-35(27(21)31)24-6-5-20(14-23(24)30)39-28-22(29)4-2-7-32-28/h2,4-7,10-11,13-15H,3,8-9,12,31H2,1H3. The Hall–Kier alpha value is -3.86. The summed E-state index contributed by atoms with van der Waals surface area (Å²) in [6, 6.07) is 12.1. The molecule has 2 aromatic heterocycles. The van der Waals surface area contributed by atoms with Crippen LogP contribution in [-0.2, 0) is 16.4 Å². The van der Waals surface area contributed by atoms with Crippen molar-refractivity contribution in [2.45, 2.75) is 19.8 Å². The molecule has 2 N–H and O–H groups in total. The van der Waals surface area contributed by atoms with Crippen LogP contribution >= 0.6 is 23.2 Å². The maximum absolute atomic E-state index is 13.5. The van der Waals surface area contributed by atoms with Crippen molar-refractivity contribution in [1.82, 2.24) is 14.8 Å². The van der Waals surface area contributed by atoms with Gasteiger partial charge in [0.15, 0.2) is 5.78 Å². The SMILES string of the molecule is Cc1cc2c(cc1N1CCCS1(=O)=O)CC(C(=O)c1cnn(-c3ccc(Oc4ncccc4Cl)cc3Cl)c1N)=C2. The lowest BCUT2D eigenvalue weighted by atomic mass is 10.0. The summed E-state index contributed by atoms with van der Waals surface area (Å²) in [7, 11) is -3.31. The van der Waals surface area contributed by atoms with Crippen molar-refractivity contribution in [2.24, 2.45) is 0 Å². The van der Waals surface area contributed by atoms with E-state index in [9.17, 15) is 13.2 Å². The fourth-order valence-electron chi connectivity index (χ4n) is 5.00. The Bertz CT molecular complexity index is 1830. The maximum atomic E-state index is 13.5. The van der Waals surface area contributed by atoms with Gasteiger partial charge in [0.1, 0.15) is 16.6 Å². The van der Waals surface area contributed by atoms with Crippen LogP contribution in [0.3, 0.4) is 0 Å². The molecule has 6 rings (SSSR count). The van der Waals surface area contributed by atoms with Crippen LogP contribution in [-0.4, -0.2) is 41.3 Å². The van der Waals surface area contributed by atoms with Gasteiger partial charge in [-0.25, -0.2) is 18.1 Å². The van der Waals surface area contributed by atoms with Gasteiger partial charge in [-0.3, -0.25) is 9.10 Å². The number of allylic oxidation sites excluding steroid dienone is 1. The molecule has 204 valence electrons. The molecular formula is C28H23Cl2N5O4S. The normalized spacial score (nSPS) is 15.7. The Morgan fingerprint density at radius 3 is 2.65 bits per heavy atom. The van der Waals surface area contributed by atoms with E-state index >= 15 is 0 Å². The molecular weight excluding hydrogens is 573 g/mol. The summed E-state index contributed by atoms with van der Waals surface area (Å²) in [5.41, 5.74) is 10.9. The summed E-state index contributed by atoms with van der Waals surface area (Å²) in [6.45, 7) is 2.34. The number of fused-ring (bicyclic) bond motifs is 1. The lowest BCUT2D eigenvalue weighted by molar-refractivity contribution is 0.103. The van der Waals surface area contributed by atoms with E-state index in [1.54, 1.807) is 36.5 Å². The number of anilines is 2. The fourth-order valence-corrected chi connectivity index (χ4v) is 7.03. The number of nitrogens with zero attached hydrogens (tertiary/aromatic N) is 4. The number of nitrogen functional groups attached to an aromatic ring is 1. The molecule has 0 amide bonds. The minimum atomic E-state index is -3.31. The Kier molecular flexibility index (Phi) is 6.56. The number of hydrogen-bond donors (Lipinski definition) is 1. The zero-order valence-electron chi connectivity index (χ0n) is 21.3. The number of sulfonamides is 1. The van der Waals surface area contributed by atoms with Crippen molar-refractivity contribution in [3.63, 3.8) is 0 Å². The third-order valence-electron chi connectivity index (χ3n) is 6.97. The first-order valence-electron chi connectivity index (χ1n) is 12.4. The highest BCUT2D eigenvalue weighted by Gasteiger charge is 2.31. The molecule has 9 nitrogen and oxygen atoms in total. The smallest absolute Gasteiger partial charge is 0.238 e. The molecule has 1 aliphatic heterocycles. The molecule has 3 heterocycles. The lowest BCUT2D eigenvalue weighted by Crippen LogP contribution is -2.26. The molecule has 0 saturated carbocycles. The summed E-state index contributed by atoms with van der Waals surface area (Å²) in [4.78, 5) is 17.6. The van der Waals surface area contributed by atoms with E-state index in [1.807, 2.05) is 25.1 Å². The Balaban J connectivity index is 1.24. The van der Waals surface area contributed by atoms with Gasteiger partial charge < -0.3 is 10.5 Å². The first-order chi connectivity index (χ1) is 19.1. The number of benzene rings is 2. The van der Waals surface area contributed by atoms with Gasteiger partial charge >= 0.3 is 0 Å². The minimum Gasteiger partial charge on any atom is -0.437 e. The summed E-state index contributed by atoms with van der Waals surface area (Å²) in [5.74, 6) is 0.697. The number of carbonyl (C=O) groups is 1. The molecule has 0 bridgehead atoms. The average molecular weight is 596 g/mol. The van der Waals surface area contributed by atoms with Gasteiger partial charge in [-0.05, 0) is 72.5 Å². The van der Waals surface area contributed by atoms with Gasteiger partial charge in [-0.1, -0.05) is 23.2 Å². The lowest BCUT2D eigenvalue weighted by Gasteiger charge is -2.20. The van der Waals surface area contributed by atoms with Crippen LogP contribution in [0.5, 0.6) is 11.6 Å². The topological polar surface area (TPSA) is 120 Å². The van der Waals surface area contributed by atoms with E-state index in [1.165, 1.54) is 15.2 Å². The van der Waals surface area contributed by atoms with E-state index in [2.05, 4.69) is 10.1 Å². The van der Waals surface area contributed by atoms with Crippen LogP contribution in [0.4, 0.5) is 11.5 Å². The third kappa shape index (κ3) is 4.61. The van der Waals surface area contributed by atoms with Gasteiger partial charge in [0.05, 0.1) is 33.9 Å². The van der Waals surface area contributed by atoms with Gasteiger partial charge in [-0.15, -0.1) is 0 Å². The van der Waals surface area contributed by atoms with Crippen molar-refractivity contribution in [2.75, 3.05) is 22.3 Å². The first kappa shape index (κ1) is 26.4. The van der Waals surface area contributed by atoms with Crippen LogP contribution in [0.15, 0.2) is 60.4 Å². The Morgan fingerprint density at radius 1 is 1.10 bits per heavy atom. The van der Waals surface area contributed by atoms with E-state index < -0.39 is 10.0 Å². The van der Waals surface area contributed by atoms with Gasteiger partial charge in [0, 0.05) is 30.8 Å². The van der Waals surface area contributed by atoms with Crippen LogP contribution in [0.1, 0.15) is 33.5 Å². The molecule has 4 aromatic rings. The zero-order chi connectivity index (χ0) is 28.2. The Morgan fingerprint density at radius 2 is 1.93 bits per heavy atom. The number of halogens is 2. The summed E-state index contributed by atoms with van der Waals surface area (Å²) in [6.07, 6.45) is 5.77. The molecule has 0 radical (unpaired) electrons. The highest BCUT2D eigenvalue weighted by Crippen LogP contribution is 2.37. The molecule has 0 unspecified atom stereocenters. The summed E-state index contributed by atoms with van der Waals surface area (Å²) in [5, 5.41) is 4.98. The zero-order valence-corrected chi connectivity index (χ0v) is 23.6. The van der Waals surface area contributed by atoms with E-state index in [4.69, 9.17) is 33.7 Å². The van der Waals surface area contributed by atoms with Gasteiger partial charge in [0.25, 0.3) is 0 Å². The number of aryl methyl sites for hydroxylation is 1. The number of carbonyl (C=O) groups excluding carboxylic acids is 1. The number of Topliss-reactive ketones (excluding diaryl/α,β-unsaturated/α-hetero) is 1. The van der Waals surface area contributed by atoms with Gasteiger partial charge in [-0.2, -0.15) is 5.10 Å². The van der Waals surface area contributed by atoms with E-state index in [0.29, 0.717) is 52.1 Å². The van der Waals surface area contributed by atoms with Crippen LogP contribution in [0.25, 0.3) is 11.8 Å². The number of pyridine rings is 1. The van der Waals surface area contributed by atoms with Gasteiger partial charge in [0.2, 0.25) is 15.9 Å². The van der Waals surface area contributed by atoms with E-state index in [-0.39, 0.29) is 28.8 Å². The van der Waals surface area contributed by atoms with Crippen molar-refractivity contribution < 1.29 is 17.9 Å². The highest BCUT2D eigenvalue weighted by molar-refractivity contribution is 7.93. The minimum absolute atomic E-state index is 0.144. The second kappa shape index (κ2) is 9.96. The molecule has 1 saturated heterocycles. The predicted molar refractivity (Wildman–Crippen MR) is 155 cm³/mol. The first-order valence-corrected chi connectivity index (χ1v) is 14.8. The summed E-state index contributed by atoms with van der Waals surface area (Å²) >= 11 is 12.6. The predicted octanol–water partition coefficient (Wildman–Crippen LogP) is 5.62. The van der Waals surface area contributed by atoms with Crippen molar-refractivity contribution in [1.29, 1.82) is 0 Å². The highest BCUT2D eigenvalue weighted by atomic mass is 35.5. The number of ether oxygens (including phenoxy) is 1. The van der Waals surface area contributed by atoms with Crippen molar-refractivity contribution >= 4 is 56.6 Å². The monoisotopic (exact) mass is 595 g/mol. The third-order valence-corrected chi connectivity index (χ3v) is 9.41. The fraction of sp³-hybridized carbons (Fsp3) is 0.179. The number of ketones is 1. The van der Waals surface area contributed by atoms with E-state index in [0.717, 1.165) is 16.7 Å². The molecule has 0 spiro atoms.